The largest absolute Gasteiger partial charge is 0.396 e. The predicted molar refractivity (Wildman–Crippen MR) is 170 cm³/mol. The number of aliphatic hydroxyl groups is 12. The normalized spacial score (nSPS) is 31.7. The van der Waals surface area contributed by atoms with Crippen LogP contribution in [-0.2, 0) is 28.5 Å². The number of amides is 1. The number of aliphatic hydroxyl groups excluding tert-OH is 12. The van der Waals surface area contributed by atoms with Crippen LogP contribution in [0.3, 0.4) is 0 Å². The second-order valence-electron chi connectivity index (χ2n) is 13.8. The fraction of sp³-hybridized carbons (Fsp3) is 0.935. The van der Waals surface area contributed by atoms with Crippen LogP contribution in [0.25, 0.3) is 0 Å². The highest BCUT2D eigenvalue weighted by Crippen LogP contribution is 2.28. The van der Waals surface area contributed by atoms with E-state index in [1.54, 1.807) is 27.7 Å². The standard InChI is InChI=1S/C16H30O9.C15H29NO9/c1-16(2,14(23)9(19)5-3-4-6-17)8-24-15-13(22)12(21)11(20)10(7-18)25-15;1-15(2,7-18)12(22)13(23)16-4-3-5-24-14-11(21)10(20)9(19)8(6-17)25-14/h10-15,17-18,20-23H,3-8H2,1-2H3;8-12,14,17-22H,3-7H2,1-2H3,(H,16,23)/t10?,11-,12-,13?,14-,15+;8?,9-,10-,11?,12-,14+/m00/s1. The summed E-state index contributed by atoms with van der Waals surface area (Å²) in [5.41, 5.74) is -1.95. The van der Waals surface area contributed by atoms with Crippen molar-refractivity contribution >= 4 is 11.7 Å². The van der Waals surface area contributed by atoms with Gasteiger partial charge >= 0.3 is 0 Å². The van der Waals surface area contributed by atoms with E-state index in [4.69, 9.17) is 39.4 Å². The molecule has 0 bridgehead atoms. The van der Waals surface area contributed by atoms with Gasteiger partial charge in [-0.25, -0.2) is 0 Å². The topological polar surface area (TPSA) is 326 Å². The highest BCUT2D eigenvalue weighted by atomic mass is 16.7. The molecule has 2 heterocycles. The van der Waals surface area contributed by atoms with E-state index in [9.17, 15) is 50.4 Å². The van der Waals surface area contributed by atoms with Crippen LogP contribution >= 0.6 is 0 Å². The number of carbonyl (C=O) groups is 2. The molecule has 0 aromatic heterocycles. The summed E-state index contributed by atoms with van der Waals surface area (Å²) < 4.78 is 21.1. The number of hydrogen-bond acceptors (Lipinski definition) is 18. The first-order chi connectivity index (χ1) is 23.3. The van der Waals surface area contributed by atoms with Gasteiger partial charge in [0.15, 0.2) is 18.4 Å². The van der Waals surface area contributed by atoms with Crippen molar-refractivity contribution in [1.82, 2.24) is 5.32 Å². The Morgan fingerprint density at radius 1 is 0.680 bits per heavy atom. The van der Waals surface area contributed by atoms with Crippen molar-refractivity contribution in [2.24, 2.45) is 10.8 Å². The van der Waals surface area contributed by atoms with Gasteiger partial charge in [-0.3, -0.25) is 9.59 Å². The third-order valence-corrected chi connectivity index (χ3v) is 8.49. The lowest BCUT2D eigenvalue weighted by Crippen LogP contribution is -2.59. The van der Waals surface area contributed by atoms with E-state index in [1.807, 2.05) is 0 Å². The molecule has 13 N–H and O–H groups in total. The fourth-order valence-corrected chi connectivity index (χ4v) is 4.79. The highest BCUT2D eigenvalue weighted by molar-refractivity contribution is 5.83. The van der Waals surface area contributed by atoms with Gasteiger partial charge in [0.1, 0.15) is 61.0 Å². The lowest BCUT2D eigenvalue weighted by atomic mass is 9.84. The van der Waals surface area contributed by atoms with E-state index in [0.717, 1.165) is 0 Å². The van der Waals surface area contributed by atoms with Gasteiger partial charge in [0.2, 0.25) is 5.91 Å². The molecule has 1 amide bonds. The van der Waals surface area contributed by atoms with Gasteiger partial charge in [0.25, 0.3) is 0 Å². The number of ketones is 1. The van der Waals surface area contributed by atoms with Gasteiger partial charge in [0, 0.05) is 30.4 Å². The molecule has 0 aromatic rings. The Kier molecular flexibility index (Phi) is 20.4. The molecular formula is C31H59NO18. The van der Waals surface area contributed by atoms with Crippen molar-refractivity contribution < 1.29 is 89.8 Å². The zero-order valence-electron chi connectivity index (χ0n) is 29.0. The van der Waals surface area contributed by atoms with Crippen LogP contribution in [0.15, 0.2) is 0 Å². The molecule has 2 rings (SSSR count). The van der Waals surface area contributed by atoms with Crippen LogP contribution in [0, 0.1) is 10.8 Å². The Labute approximate surface area is 291 Å². The molecule has 2 saturated heterocycles. The SMILES string of the molecule is CC(C)(CO)[C@@H](O)C(=O)NCCCO[C@@H]1OC(CO)[C@H](O)[C@H](O)C1O.CC(C)(CO[C@@H]1OC(CO)[C@H](O)[C@H](O)C1O)[C@@H](O)C(=O)CCCCO. The molecule has 0 spiro atoms. The number of rotatable bonds is 19. The first kappa shape index (κ1) is 46.5. The maximum atomic E-state index is 12.0. The first-order valence-electron chi connectivity index (χ1n) is 16.5. The Balaban J connectivity index is 0.000000500. The van der Waals surface area contributed by atoms with Crippen LogP contribution in [0.4, 0.5) is 0 Å². The quantitative estimate of drug-likeness (QED) is 0.0551. The Bertz CT molecular complexity index is 983. The zero-order chi connectivity index (χ0) is 38.4. The van der Waals surface area contributed by atoms with Gasteiger partial charge in [-0.05, 0) is 19.3 Å². The molecule has 0 aliphatic carbocycles. The minimum atomic E-state index is -1.55. The molecule has 2 aliphatic heterocycles. The van der Waals surface area contributed by atoms with E-state index in [-0.39, 0.29) is 45.2 Å². The van der Waals surface area contributed by atoms with Gasteiger partial charge < -0.3 is 85.5 Å². The summed E-state index contributed by atoms with van der Waals surface area (Å²) in [6, 6.07) is 0. The molecule has 0 radical (unpaired) electrons. The van der Waals surface area contributed by atoms with Crippen molar-refractivity contribution in [2.45, 2.75) is 127 Å². The Morgan fingerprint density at radius 2 is 1.18 bits per heavy atom. The second kappa shape index (κ2) is 21.9. The maximum Gasteiger partial charge on any atom is 0.249 e. The molecule has 2 aliphatic rings. The summed E-state index contributed by atoms with van der Waals surface area (Å²) in [5.74, 6) is -0.997. The van der Waals surface area contributed by atoms with Gasteiger partial charge in [-0.15, -0.1) is 0 Å². The molecule has 0 aromatic carbocycles. The number of hydrogen-bond donors (Lipinski definition) is 13. The van der Waals surface area contributed by atoms with E-state index in [0.29, 0.717) is 19.3 Å². The first-order valence-corrected chi connectivity index (χ1v) is 16.5. The van der Waals surface area contributed by atoms with Crippen molar-refractivity contribution in [3.63, 3.8) is 0 Å². The fourth-order valence-electron chi connectivity index (χ4n) is 4.79. The number of unbranched alkanes of at least 4 members (excludes halogenated alkanes) is 1. The Hall–Kier alpha value is -1.50. The van der Waals surface area contributed by atoms with Crippen LogP contribution < -0.4 is 5.32 Å². The zero-order valence-corrected chi connectivity index (χ0v) is 29.0. The van der Waals surface area contributed by atoms with Gasteiger partial charge in [-0.1, -0.05) is 27.7 Å². The molecule has 19 heteroatoms. The summed E-state index contributed by atoms with van der Waals surface area (Å²) in [4.78, 5) is 23.8. The molecular weight excluding hydrogens is 674 g/mol. The monoisotopic (exact) mass is 733 g/mol. The summed E-state index contributed by atoms with van der Waals surface area (Å²) >= 11 is 0. The number of Topliss-reactive ketones (excluding diaryl/α,β-unsaturated/α-hetero) is 1. The van der Waals surface area contributed by atoms with Crippen LogP contribution in [0.5, 0.6) is 0 Å². The number of nitrogens with one attached hydrogen (secondary N) is 1. The van der Waals surface area contributed by atoms with E-state index in [1.165, 1.54) is 0 Å². The molecule has 2 fully saturated rings. The van der Waals surface area contributed by atoms with E-state index >= 15 is 0 Å². The lowest BCUT2D eigenvalue weighted by molar-refractivity contribution is -0.306. The minimum absolute atomic E-state index is 0.0208. The molecule has 0 saturated carbocycles. The molecule has 296 valence electrons. The van der Waals surface area contributed by atoms with E-state index in [2.05, 4.69) is 5.32 Å². The van der Waals surface area contributed by atoms with E-state index < -0.39 is 104 Å². The molecule has 50 heavy (non-hydrogen) atoms. The number of carbonyl (C=O) groups excluding carboxylic acids is 2. The third kappa shape index (κ3) is 13.5. The van der Waals surface area contributed by atoms with Crippen molar-refractivity contribution in [1.29, 1.82) is 0 Å². The van der Waals surface area contributed by atoms with Crippen molar-refractivity contribution in [3.8, 4) is 0 Å². The summed E-state index contributed by atoms with van der Waals surface area (Å²) in [5, 5.41) is 117. The van der Waals surface area contributed by atoms with Crippen molar-refractivity contribution in [2.75, 3.05) is 46.2 Å². The smallest absolute Gasteiger partial charge is 0.249 e. The van der Waals surface area contributed by atoms with Crippen LogP contribution in [0.1, 0.15) is 53.4 Å². The van der Waals surface area contributed by atoms with Crippen LogP contribution in [-0.4, -0.2) is 193 Å². The molecule has 12 atom stereocenters. The van der Waals surface area contributed by atoms with Crippen LogP contribution in [0.2, 0.25) is 0 Å². The average molecular weight is 734 g/mol. The third-order valence-electron chi connectivity index (χ3n) is 8.49. The summed E-state index contributed by atoms with van der Waals surface area (Å²) in [7, 11) is 0. The summed E-state index contributed by atoms with van der Waals surface area (Å²) in [6.45, 7) is 4.91. The van der Waals surface area contributed by atoms with Crippen molar-refractivity contribution in [3.05, 3.63) is 0 Å². The van der Waals surface area contributed by atoms with Gasteiger partial charge in [-0.2, -0.15) is 0 Å². The predicted octanol–water partition coefficient (Wildman–Crippen LogP) is -5.39. The minimum Gasteiger partial charge on any atom is -0.396 e. The molecule has 19 nitrogen and oxygen atoms in total. The summed E-state index contributed by atoms with van der Waals surface area (Å²) in [6.07, 6.45) is -14.9. The lowest BCUT2D eigenvalue weighted by Gasteiger charge is -2.41. The second-order valence-corrected chi connectivity index (χ2v) is 13.8. The maximum absolute atomic E-state index is 12.0. The van der Waals surface area contributed by atoms with Gasteiger partial charge in [0.05, 0.1) is 33.0 Å². The highest BCUT2D eigenvalue weighted by Gasteiger charge is 2.46. The Morgan fingerprint density at radius 3 is 1.64 bits per heavy atom. The number of ether oxygens (including phenoxy) is 4. The average Bonchev–Trinajstić information content (AvgIpc) is 3.09. The molecule has 4 unspecified atom stereocenters.